The first kappa shape index (κ1) is 29.2. The van der Waals surface area contributed by atoms with E-state index in [0.717, 1.165) is 0 Å². The van der Waals surface area contributed by atoms with Gasteiger partial charge < -0.3 is 24.8 Å². The minimum absolute atomic E-state index is 0. The summed E-state index contributed by atoms with van der Waals surface area (Å²) in [7, 11) is 0. The van der Waals surface area contributed by atoms with Crippen molar-refractivity contribution in [3.05, 3.63) is 69.5 Å². The molecule has 1 aromatic rings. The van der Waals surface area contributed by atoms with Gasteiger partial charge in [-0.05, 0) is 0 Å². The fourth-order valence-electron chi connectivity index (χ4n) is 0.321. The molecule has 0 saturated carbocycles. The average molecular weight is 309 g/mol. The van der Waals surface area contributed by atoms with Crippen molar-refractivity contribution >= 4 is 0 Å². The van der Waals surface area contributed by atoms with Gasteiger partial charge in [0.15, 0.2) is 0 Å². The first-order valence-corrected chi connectivity index (χ1v) is 3.30. The molecule has 80 valence electrons. The molecule has 0 aliphatic carbocycles. The van der Waals surface area contributed by atoms with Crippen LogP contribution in [0.5, 0.6) is 0 Å². The topological polar surface area (TPSA) is 0 Å². The van der Waals surface area contributed by atoms with Crippen LogP contribution >= 0.6 is 0 Å². The second-order valence-electron chi connectivity index (χ2n) is 1.54. The summed E-state index contributed by atoms with van der Waals surface area (Å²) in [6.07, 6.45) is 3.00. The molecule has 0 fully saturated rings. The molecule has 0 aromatic heterocycles. The van der Waals surface area contributed by atoms with Crippen molar-refractivity contribution in [1.82, 2.24) is 0 Å². The van der Waals surface area contributed by atoms with E-state index in [-0.39, 0.29) is 51.0 Å². The Labute approximate surface area is 120 Å². The Morgan fingerprint density at radius 2 is 1.14 bits per heavy atom. The molecule has 0 aliphatic heterocycles. The first-order chi connectivity index (χ1) is 5.33. The zero-order chi connectivity index (χ0) is 8.95. The number of allylic oxidation sites excluding steroid dienone is 2. The minimum Gasteiger partial charge on any atom is -1.00 e. The predicted molar refractivity (Wildman–Crippen MR) is 53.1 cm³/mol. The van der Waals surface area contributed by atoms with Gasteiger partial charge in [0.05, 0.1) is 0 Å². The molecule has 3 heteroatoms. The fraction of sp³-hybridized carbons (Fsp3) is 0. The molecule has 0 spiro atoms. The van der Waals surface area contributed by atoms with Crippen molar-refractivity contribution in [3.63, 3.8) is 0 Å². The van der Waals surface area contributed by atoms with Gasteiger partial charge in [0, 0.05) is 0 Å². The van der Waals surface area contributed by atoms with E-state index in [1.54, 1.807) is 0 Å². The summed E-state index contributed by atoms with van der Waals surface area (Å²) in [6.45, 7) is 13.0. The Balaban J connectivity index is -0.0000000276. The number of hydrogen-bond donors (Lipinski definition) is 0. The molecule has 14 heavy (non-hydrogen) atoms. The molecule has 1 rings (SSSR count). The summed E-state index contributed by atoms with van der Waals surface area (Å²) >= 11 is 0. The van der Waals surface area contributed by atoms with E-state index in [2.05, 4.69) is 27.0 Å². The van der Waals surface area contributed by atoms with Gasteiger partial charge in [0.25, 0.3) is 0 Å². The van der Waals surface area contributed by atoms with Gasteiger partial charge in [-0.3, -0.25) is 0 Å². The summed E-state index contributed by atoms with van der Waals surface area (Å²) in [5, 5.41) is 0. The van der Waals surface area contributed by atoms with Crippen LogP contribution < -0.4 is 24.8 Å². The Hall–Kier alpha value is 0.0331. The molecule has 0 unspecified atom stereocenters. The summed E-state index contributed by atoms with van der Waals surface area (Å²) in [5.74, 6) is 0. The van der Waals surface area contributed by atoms with Crippen LogP contribution in [0.25, 0.3) is 0 Å². The molecule has 0 N–H and O–H groups in total. The fourth-order valence-corrected chi connectivity index (χ4v) is 0.321. The monoisotopic (exact) mass is 307 g/mol. The van der Waals surface area contributed by atoms with Crippen LogP contribution in [0.1, 0.15) is 0 Å². The molecular weight excluding hydrogens is 294 g/mol. The average Bonchev–Trinajstić information content (AvgIpc) is 2.44. The van der Waals surface area contributed by atoms with Gasteiger partial charge in [0.2, 0.25) is 0 Å². The van der Waals surface area contributed by atoms with E-state index in [9.17, 15) is 0 Å². The smallest absolute Gasteiger partial charge is 1.00 e. The molecule has 0 amide bonds. The first-order valence-electron chi connectivity index (χ1n) is 3.30. The molecule has 0 bridgehead atoms. The van der Waals surface area contributed by atoms with Gasteiger partial charge in [-0.2, -0.15) is 18.2 Å². The van der Waals surface area contributed by atoms with Crippen LogP contribution in [0.2, 0.25) is 0 Å². The van der Waals surface area contributed by atoms with Gasteiger partial charge in [-0.25, -0.2) is 51.3 Å². The van der Waals surface area contributed by atoms with Crippen LogP contribution in [0.3, 0.4) is 0 Å². The molecule has 0 aliphatic rings. The number of hydrogen-bond acceptors (Lipinski definition) is 0. The maximum absolute atomic E-state index is 3.25. The van der Waals surface area contributed by atoms with Crippen LogP contribution in [0, 0.1) is 13.8 Å². The zero-order valence-electron chi connectivity index (χ0n) is 8.13. The van der Waals surface area contributed by atoms with Crippen LogP contribution in [-0.4, -0.2) is 0 Å². The van der Waals surface area contributed by atoms with Crippen LogP contribution in [-0.2, 0) is 26.2 Å². The standard InChI is InChI=1S/C5H5.2C3H5.2ClH.Zr/c1-2-4-5-3-1;2*1-3-2;;;/h1-5H;2*3H,1-2H2;2*1H;/q3*-1;;;+2/p-2. The SMILES string of the molecule is C=C[CH2-].C=C[CH2-].[Cl-].[Cl-].[Zr+2].c1cc[cH-]c1. The van der Waals surface area contributed by atoms with Gasteiger partial charge >= 0.3 is 26.2 Å². The maximum Gasteiger partial charge on any atom is 2.00 e. The second kappa shape index (κ2) is 38.2. The van der Waals surface area contributed by atoms with Gasteiger partial charge in [-0.1, -0.05) is 0 Å². The van der Waals surface area contributed by atoms with Gasteiger partial charge in [0.1, 0.15) is 0 Å². The maximum atomic E-state index is 3.25. The van der Waals surface area contributed by atoms with Crippen LogP contribution in [0.15, 0.2) is 55.6 Å². The Bertz CT molecular complexity index is 125. The predicted octanol–water partition coefficient (Wildman–Crippen LogP) is -2.58. The largest absolute Gasteiger partial charge is 2.00 e. The number of rotatable bonds is 0. The minimum atomic E-state index is 0. The summed E-state index contributed by atoms with van der Waals surface area (Å²) in [4.78, 5) is 0. The van der Waals surface area contributed by atoms with Crippen molar-refractivity contribution in [2.45, 2.75) is 0 Å². The number of halogens is 2. The van der Waals surface area contributed by atoms with Crippen molar-refractivity contribution in [1.29, 1.82) is 0 Å². The van der Waals surface area contributed by atoms with Crippen molar-refractivity contribution in [2.24, 2.45) is 0 Å². The molecule has 0 heterocycles. The summed E-state index contributed by atoms with van der Waals surface area (Å²) < 4.78 is 0. The molecular formula is C11H15Cl2Zr-3. The third-order valence-corrected chi connectivity index (χ3v) is 0.556. The second-order valence-corrected chi connectivity index (χ2v) is 1.54. The molecule has 0 nitrogen and oxygen atoms in total. The Kier molecular flexibility index (Phi) is 79.6. The third kappa shape index (κ3) is 57.8. The molecule has 0 saturated heterocycles. The molecule has 1 aromatic carbocycles. The van der Waals surface area contributed by atoms with E-state index in [0.29, 0.717) is 0 Å². The summed E-state index contributed by atoms with van der Waals surface area (Å²) in [6, 6.07) is 10.0. The third-order valence-electron chi connectivity index (χ3n) is 0.556. The quantitative estimate of drug-likeness (QED) is 0.462. The van der Waals surface area contributed by atoms with E-state index in [4.69, 9.17) is 0 Å². The Morgan fingerprint density at radius 3 is 1.21 bits per heavy atom. The molecule has 0 atom stereocenters. The van der Waals surface area contributed by atoms with E-state index in [1.807, 2.05) is 30.3 Å². The van der Waals surface area contributed by atoms with E-state index in [1.165, 1.54) is 12.2 Å². The van der Waals surface area contributed by atoms with E-state index >= 15 is 0 Å². The van der Waals surface area contributed by atoms with Crippen molar-refractivity contribution in [2.75, 3.05) is 0 Å². The summed E-state index contributed by atoms with van der Waals surface area (Å²) in [5.41, 5.74) is 0. The van der Waals surface area contributed by atoms with E-state index < -0.39 is 0 Å². The van der Waals surface area contributed by atoms with Crippen molar-refractivity contribution in [3.8, 4) is 0 Å². The Morgan fingerprint density at radius 1 is 0.929 bits per heavy atom. The van der Waals surface area contributed by atoms with Crippen molar-refractivity contribution < 1.29 is 51.0 Å². The normalized spacial score (nSPS) is 4.57. The zero-order valence-corrected chi connectivity index (χ0v) is 12.1. The molecule has 0 radical (unpaired) electrons. The van der Waals surface area contributed by atoms with Crippen LogP contribution in [0.4, 0.5) is 0 Å². The van der Waals surface area contributed by atoms with Gasteiger partial charge in [-0.15, -0.1) is 0 Å².